The van der Waals surface area contributed by atoms with Crippen molar-refractivity contribution in [2.24, 2.45) is 0 Å². The lowest BCUT2D eigenvalue weighted by atomic mass is 10.1. The lowest BCUT2D eigenvalue weighted by molar-refractivity contribution is -0.138. The first-order valence-corrected chi connectivity index (χ1v) is 7.48. The van der Waals surface area contributed by atoms with Crippen LogP contribution in [0.1, 0.15) is 10.4 Å². The van der Waals surface area contributed by atoms with E-state index in [1.165, 1.54) is 24.0 Å². The lowest BCUT2D eigenvalue weighted by Crippen LogP contribution is -2.43. The molecule has 0 aliphatic carbocycles. The number of amides is 1. The van der Waals surface area contributed by atoms with Crippen LogP contribution in [0, 0.1) is 0 Å². The number of carbonyl (C=O) groups excluding carboxylic acids is 1. The molecule has 0 unspecified atom stereocenters. The smallest absolute Gasteiger partial charge is 0.317 e. The zero-order valence-corrected chi connectivity index (χ0v) is 13.9. The number of methoxy groups -OCH3 is 2. The van der Waals surface area contributed by atoms with Crippen LogP contribution in [0.2, 0.25) is 0 Å². The molecule has 1 aromatic carbocycles. The summed E-state index contributed by atoms with van der Waals surface area (Å²) in [7, 11) is 4.60. The van der Waals surface area contributed by atoms with Crippen molar-refractivity contribution >= 4 is 11.9 Å². The topological polar surface area (TPSA) is 99.5 Å². The Balaban J connectivity index is 2.15. The Labute approximate surface area is 140 Å². The minimum Gasteiger partial charge on any atom is -0.497 e. The van der Waals surface area contributed by atoms with Gasteiger partial charge >= 0.3 is 5.97 Å². The van der Waals surface area contributed by atoms with Gasteiger partial charge in [0.1, 0.15) is 11.5 Å². The highest BCUT2D eigenvalue weighted by molar-refractivity contribution is 5.97. The molecular weight excluding hydrogens is 316 g/mol. The fourth-order valence-corrected chi connectivity index (χ4v) is 2.84. The van der Waals surface area contributed by atoms with Crippen LogP contribution in [-0.2, 0) is 4.79 Å². The van der Waals surface area contributed by atoms with E-state index in [-0.39, 0.29) is 25.5 Å². The first-order valence-electron chi connectivity index (χ1n) is 7.48. The quantitative estimate of drug-likeness (QED) is 0.747. The molecule has 2 rings (SSSR count). The van der Waals surface area contributed by atoms with Crippen molar-refractivity contribution in [3.63, 3.8) is 0 Å². The zero-order chi connectivity index (χ0) is 17.9. The maximum absolute atomic E-state index is 12.7. The second-order valence-corrected chi connectivity index (χ2v) is 5.72. The Morgan fingerprint density at radius 1 is 1.29 bits per heavy atom. The summed E-state index contributed by atoms with van der Waals surface area (Å²) in [6.07, 6.45) is -0.803. The number of hydrogen-bond acceptors (Lipinski definition) is 6. The molecule has 1 amide bonds. The molecule has 2 N–H and O–H groups in total. The van der Waals surface area contributed by atoms with Crippen molar-refractivity contribution in [2.75, 3.05) is 40.9 Å². The van der Waals surface area contributed by atoms with Crippen molar-refractivity contribution in [3.05, 3.63) is 23.8 Å². The number of carboxylic acids is 1. The molecule has 1 aromatic rings. The molecule has 1 aliphatic rings. The van der Waals surface area contributed by atoms with Crippen LogP contribution in [0.5, 0.6) is 11.5 Å². The SMILES string of the molecule is COc1ccc(C(=O)N2C[C@@H](O)[C@@H](N(C)CC(=O)O)C2)c(OC)c1. The van der Waals surface area contributed by atoms with Gasteiger partial charge in [-0.3, -0.25) is 14.5 Å². The van der Waals surface area contributed by atoms with Gasteiger partial charge in [0, 0.05) is 19.2 Å². The van der Waals surface area contributed by atoms with Crippen LogP contribution in [0.3, 0.4) is 0 Å². The second-order valence-electron chi connectivity index (χ2n) is 5.72. The largest absolute Gasteiger partial charge is 0.497 e. The highest BCUT2D eigenvalue weighted by Gasteiger charge is 2.37. The maximum atomic E-state index is 12.7. The van der Waals surface area contributed by atoms with Gasteiger partial charge in [-0.1, -0.05) is 0 Å². The number of ether oxygens (including phenoxy) is 2. The molecule has 0 aromatic heterocycles. The average molecular weight is 338 g/mol. The van der Waals surface area contributed by atoms with E-state index < -0.39 is 18.1 Å². The molecule has 1 aliphatic heterocycles. The molecule has 1 fully saturated rings. The maximum Gasteiger partial charge on any atom is 0.317 e. The van der Waals surface area contributed by atoms with Crippen LogP contribution < -0.4 is 9.47 Å². The number of rotatable bonds is 6. The molecule has 2 atom stereocenters. The second kappa shape index (κ2) is 7.50. The van der Waals surface area contributed by atoms with Crippen LogP contribution in [0.15, 0.2) is 18.2 Å². The summed E-state index contributed by atoms with van der Waals surface area (Å²) < 4.78 is 10.4. The van der Waals surface area contributed by atoms with Crippen LogP contribution in [0.25, 0.3) is 0 Å². The fourth-order valence-electron chi connectivity index (χ4n) is 2.84. The number of likely N-dealkylation sites (N-methyl/N-ethyl adjacent to an activating group) is 1. The van der Waals surface area contributed by atoms with Crippen molar-refractivity contribution in [2.45, 2.75) is 12.1 Å². The van der Waals surface area contributed by atoms with Crippen LogP contribution in [0.4, 0.5) is 0 Å². The van der Waals surface area contributed by atoms with Gasteiger partial charge in [-0.2, -0.15) is 0 Å². The van der Waals surface area contributed by atoms with E-state index in [1.54, 1.807) is 25.2 Å². The normalized spacial score (nSPS) is 20.3. The summed E-state index contributed by atoms with van der Waals surface area (Å²) >= 11 is 0. The number of likely N-dealkylation sites (tertiary alicyclic amines) is 1. The number of aliphatic hydroxyl groups is 1. The predicted octanol–water partition coefficient (Wildman–Crippen LogP) is -0.0945. The molecule has 132 valence electrons. The Morgan fingerprint density at radius 2 is 2.00 bits per heavy atom. The number of β-amino-alcohol motifs (C(OH)–C–C–N with tert-alkyl or cyclic N) is 1. The number of hydrogen-bond donors (Lipinski definition) is 2. The van der Waals surface area contributed by atoms with E-state index in [9.17, 15) is 14.7 Å². The van der Waals surface area contributed by atoms with Gasteiger partial charge in [0.25, 0.3) is 5.91 Å². The van der Waals surface area contributed by atoms with Crippen LogP contribution in [-0.4, -0.2) is 84.9 Å². The number of carboxylic acid groups (broad SMARTS) is 1. The van der Waals surface area contributed by atoms with Crippen LogP contribution >= 0.6 is 0 Å². The summed E-state index contributed by atoms with van der Waals surface area (Å²) in [4.78, 5) is 26.6. The zero-order valence-electron chi connectivity index (χ0n) is 13.9. The van der Waals surface area contributed by atoms with E-state index in [0.717, 1.165) is 0 Å². The minimum atomic E-state index is -0.980. The van der Waals surface area contributed by atoms with E-state index >= 15 is 0 Å². The summed E-state index contributed by atoms with van der Waals surface area (Å²) in [6, 6.07) is 4.47. The molecule has 1 heterocycles. The van der Waals surface area contributed by atoms with Crippen molar-refractivity contribution in [1.29, 1.82) is 0 Å². The third kappa shape index (κ3) is 3.77. The first kappa shape index (κ1) is 18.0. The van der Waals surface area contributed by atoms with Gasteiger partial charge in [0.2, 0.25) is 0 Å². The Morgan fingerprint density at radius 3 is 2.58 bits per heavy atom. The van der Waals surface area contributed by atoms with Gasteiger partial charge in [-0.25, -0.2) is 0 Å². The highest BCUT2D eigenvalue weighted by atomic mass is 16.5. The summed E-state index contributed by atoms with van der Waals surface area (Å²) in [5.41, 5.74) is 0.368. The highest BCUT2D eigenvalue weighted by Crippen LogP contribution is 2.27. The number of aliphatic carboxylic acids is 1. The Kier molecular flexibility index (Phi) is 5.63. The Bertz CT molecular complexity index is 621. The van der Waals surface area contributed by atoms with Gasteiger partial charge in [-0.05, 0) is 19.2 Å². The summed E-state index contributed by atoms with van der Waals surface area (Å²) in [5, 5.41) is 19.0. The molecule has 0 spiro atoms. The van der Waals surface area contributed by atoms with Gasteiger partial charge in [0.15, 0.2) is 0 Å². The molecule has 24 heavy (non-hydrogen) atoms. The van der Waals surface area contributed by atoms with E-state index in [1.807, 2.05) is 0 Å². The standard InChI is InChI=1S/C16H22N2O6/c1-17(9-15(20)21)12-7-18(8-13(12)19)16(22)11-5-4-10(23-2)6-14(11)24-3/h4-6,12-13,19H,7-9H2,1-3H3,(H,20,21)/t12-,13+/m0/s1. The van der Waals surface area contributed by atoms with E-state index in [4.69, 9.17) is 14.6 Å². The average Bonchev–Trinajstić information content (AvgIpc) is 2.94. The lowest BCUT2D eigenvalue weighted by Gasteiger charge is -2.24. The molecular formula is C16H22N2O6. The Hall–Kier alpha value is -2.32. The predicted molar refractivity (Wildman–Crippen MR) is 85.5 cm³/mol. The van der Waals surface area contributed by atoms with Gasteiger partial charge < -0.3 is 24.6 Å². The third-order valence-electron chi connectivity index (χ3n) is 4.14. The van der Waals surface area contributed by atoms with Gasteiger partial charge in [-0.15, -0.1) is 0 Å². The summed E-state index contributed by atoms with van der Waals surface area (Å²) in [6.45, 7) is 0.192. The third-order valence-corrected chi connectivity index (χ3v) is 4.14. The number of carbonyl (C=O) groups is 2. The van der Waals surface area contributed by atoms with Crippen molar-refractivity contribution in [1.82, 2.24) is 9.80 Å². The number of benzene rings is 1. The monoisotopic (exact) mass is 338 g/mol. The first-order chi connectivity index (χ1) is 11.4. The molecule has 8 nitrogen and oxygen atoms in total. The number of aliphatic hydroxyl groups excluding tert-OH is 1. The van der Waals surface area contributed by atoms with Crippen molar-refractivity contribution < 1.29 is 29.3 Å². The number of nitrogens with zero attached hydrogens (tertiary/aromatic N) is 2. The van der Waals surface area contributed by atoms with Gasteiger partial charge in [0.05, 0.1) is 38.5 Å². The molecule has 0 radical (unpaired) electrons. The molecule has 0 bridgehead atoms. The fraction of sp³-hybridized carbons (Fsp3) is 0.500. The van der Waals surface area contributed by atoms with Crippen molar-refractivity contribution in [3.8, 4) is 11.5 Å². The van der Waals surface area contributed by atoms with E-state index in [0.29, 0.717) is 17.1 Å². The minimum absolute atomic E-state index is 0.142. The molecule has 1 saturated heterocycles. The molecule has 0 saturated carbocycles. The van der Waals surface area contributed by atoms with E-state index in [2.05, 4.69) is 0 Å². The summed E-state index contributed by atoms with van der Waals surface area (Å²) in [5.74, 6) is -0.300. The molecule has 8 heteroatoms.